The van der Waals surface area contributed by atoms with Crippen LogP contribution in [0.2, 0.25) is 0 Å². The van der Waals surface area contributed by atoms with Crippen LogP contribution in [0.4, 0.5) is 17.1 Å². The molecule has 1 amide bonds. The molecule has 0 heterocycles. The molecular formula is C21H17N3O3. The first-order valence-electron chi connectivity index (χ1n) is 8.28. The molecule has 0 spiro atoms. The van der Waals surface area contributed by atoms with Crippen molar-refractivity contribution in [3.8, 4) is 5.75 Å². The van der Waals surface area contributed by atoms with Gasteiger partial charge in [0.05, 0.1) is 11.4 Å². The fourth-order valence-corrected chi connectivity index (χ4v) is 2.25. The van der Waals surface area contributed by atoms with Crippen molar-refractivity contribution in [1.82, 2.24) is 0 Å². The van der Waals surface area contributed by atoms with Crippen LogP contribution in [-0.2, 0) is 4.79 Å². The van der Waals surface area contributed by atoms with Crippen LogP contribution in [0, 0.1) is 0 Å². The van der Waals surface area contributed by atoms with Crippen molar-refractivity contribution in [2.75, 3.05) is 11.9 Å². The zero-order valence-electron chi connectivity index (χ0n) is 14.4. The molecule has 27 heavy (non-hydrogen) atoms. The molecule has 3 aromatic carbocycles. The van der Waals surface area contributed by atoms with Crippen LogP contribution in [0.1, 0.15) is 10.4 Å². The highest BCUT2D eigenvalue weighted by Gasteiger charge is 2.04. The van der Waals surface area contributed by atoms with E-state index in [2.05, 4.69) is 15.5 Å². The van der Waals surface area contributed by atoms with E-state index in [1.807, 2.05) is 30.3 Å². The van der Waals surface area contributed by atoms with E-state index in [0.717, 1.165) is 12.0 Å². The quantitative estimate of drug-likeness (QED) is 0.480. The van der Waals surface area contributed by atoms with Crippen molar-refractivity contribution in [1.29, 1.82) is 0 Å². The summed E-state index contributed by atoms with van der Waals surface area (Å²) >= 11 is 0. The highest BCUT2D eigenvalue weighted by molar-refractivity contribution is 5.92. The summed E-state index contributed by atoms with van der Waals surface area (Å²) in [4.78, 5) is 22.7. The van der Waals surface area contributed by atoms with E-state index in [9.17, 15) is 9.59 Å². The molecule has 0 bridgehead atoms. The summed E-state index contributed by atoms with van der Waals surface area (Å²) in [6.45, 7) is -0.155. The van der Waals surface area contributed by atoms with Crippen molar-refractivity contribution in [3.63, 3.8) is 0 Å². The van der Waals surface area contributed by atoms with Gasteiger partial charge in [-0.3, -0.25) is 9.59 Å². The summed E-state index contributed by atoms with van der Waals surface area (Å²) in [6.07, 6.45) is 0.726. The molecule has 0 fully saturated rings. The van der Waals surface area contributed by atoms with Gasteiger partial charge in [0.1, 0.15) is 12.0 Å². The van der Waals surface area contributed by atoms with Crippen LogP contribution < -0.4 is 10.1 Å². The van der Waals surface area contributed by atoms with Gasteiger partial charge in [0, 0.05) is 11.3 Å². The van der Waals surface area contributed by atoms with Crippen LogP contribution in [0.3, 0.4) is 0 Å². The summed E-state index contributed by atoms with van der Waals surface area (Å²) in [5.74, 6) is 0.164. The Morgan fingerprint density at radius 1 is 0.889 bits per heavy atom. The molecule has 6 nitrogen and oxygen atoms in total. The lowest BCUT2D eigenvalue weighted by Gasteiger charge is -2.08. The highest BCUT2D eigenvalue weighted by atomic mass is 16.5. The number of nitrogens with one attached hydrogen (secondary N) is 1. The number of amides is 1. The first-order valence-corrected chi connectivity index (χ1v) is 8.28. The van der Waals surface area contributed by atoms with Crippen molar-refractivity contribution < 1.29 is 14.3 Å². The predicted molar refractivity (Wildman–Crippen MR) is 103 cm³/mol. The Kier molecular flexibility index (Phi) is 6.04. The smallest absolute Gasteiger partial charge is 0.262 e. The Balaban J connectivity index is 1.52. The second-order valence-electron chi connectivity index (χ2n) is 5.61. The maximum absolute atomic E-state index is 12.0. The Morgan fingerprint density at radius 3 is 2.30 bits per heavy atom. The van der Waals surface area contributed by atoms with Crippen LogP contribution in [0.5, 0.6) is 5.75 Å². The summed E-state index contributed by atoms with van der Waals surface area (Å²) in [5, 5.41) is 11.0. The third kappa shape index (κ3) is 5.61. The van der Waals surface area contributed by atoms with Gasteiger partial charge >= 0.3 is 0 Å². The van der Waals surface area contributed by atoms with Gasteiger partial charge in [0.15, 0.2) is 6.61 Å². The Morgan fingerprint density at radius 2 is 1.59 bits per heavy atom. The second-order valence-corrected chi connectivity index (χ2v) is 5.61. The number of benzene rings is 3. The number of hydrogen-bond acceptors (Lipinski definition) is 5. The third-order valence-corrected chi connectivity index (χ3v) is 3.55. The monoisotopic (exact) mass is 359 g/mol. The van der Waals surface area contributed by atoms with E-state index >= 15 is 0 Å². The number of hydrogen-bond donors (Lipinski definition) is 1. The van der Waals surface area contributed by atoms with Crippen molar-refractivity contribution >= 4 is 29.3 Å². The molecule has 0 saturated heterocycles. The fourth-order valence-electron chi connectivity index (χ4n) is 2.25. The topological polar surface area (TPSA) is 80.1 Å². The maximum Gasteiger partial charge on any atom is 0.262 e. The average molecular weight is 359 g/mol. The molecule has 6 heteroatoms. The highest BCUT2D eigenvalue weighted by Crippen LogP contribution is 2.20. The number of nitrogens with zero attached hydrogens (tertiary/aromatic N) is 2. The van der Waals surface area contributed by atoms with Gasteiger partial charge < -0.3 is 10.1 Å². The molecule has 0 aliphatic heterocycles. The summed E-state index contributed by atoms with van der Waals surface area (Å²) in [5.41, 5.74) is 2.57. The normalized spacial score (nSPS) is 10.5. The van der Waals surface area contributed by atoms with E-state index < -0.39 is 0 Å². The van der Waals surface area contributed by atoms with Gasteiger partial charge in [-0.2, -0.15) is 10.2 Å². The van der Waals surface area contributed by atoms with Gasteiger partial charge in [0.2, 0.25) is 0 Å². The lowest BCUT2D eigenvalue weighted by atomic mass is 10.2. The van der Waals surface area contributed by atoms with E-state index in [1.54, 1.807) is 48.5 Å². The van der Waals surface area contributed by atoms with Gasteiger partial charge in [-0.05, 0) is 48.5 Å². The predicted octanol–water partition coefficient (Wildman–Crippen LogP) is 4.93. The number of ether oxygens (including phenoxy) is 1. The molecular weight excluding hydrogens is 342 g/mol. The minimum absolute atomic E-state index is 0.155. The van der Waals surface area contributed by atoms with E-state index in [0.29, 0.717) is 22.7 Å². The molecule has 0 aliphatic rings. The number of carbonyl (C=O) groups is 2. The molecule has 0 aromatic heterocycles. The number of anilines is 1. The Bertz CT molecular complexity index is 938. The van der Waals surface area contributed by atoms with Crippen LogP contribution in [-0.4, -0.2) is 18.8 Å². The number of azo groups is 1. The van der Waals surface area contributed by atoms with Crippen molar-refractivity contribution in [2.24, 2.45) is 10.2 Å². The number of carbonyl (C=O) groups excluding carboxylic acids is 2. The summed E-state index contributed by atoms with van der Waals surface area (Å²) in [6, 6.07) is 23.1. The zero-order chi connectivity index (χ0) is 18.9. The van der Waals surface area contributed by atoms with Crippen LogP contribution in [0.25, 0.3) is 0 Å². The van der Waals surface area contributed by atoms with E-state index in [4.69, 9.17) is 4.74 Å². The third-order valence-electron chi connectivity index (χ3n) is 3.55. The molecule has 3 rings (SSSR count). The largest absolute Gasteiger partial charge is 0.484 e. The molecule has 0 saturated carbocycles. The van der Waals surface area contributed by atoms with Crippen molar-refractivity contribution in [3.05, 3.63) is 84.4 Å². The Labute approximate surface area is 156 Å². The fraction of sp³-hybridized carbons (Fsp3) is 0.0476. The molecule has 134 valence electrons. The standard InChI is InChI=1S/C21H17N3O3/c25-14-16-5-4-8-20(13-16)27-15-21(26)22-17-9-11-19(12-10-17)24-23-18-6-2-1-3-7-18/h1-14H,15H2,(H,22,26). The van der Waals surface area contributed by atoms with E-state index in [1.165, 1.54) is 0 Å². The average Bonchev–Trinajstić information content (AvgIpc) is 2.73. The van der Waals surface area contributed by atoms with Gasteiger partial charge in [-0.1, -0.05) is 30.3 Å². The van der Waals surface area contributed by atoms with Crippen molar-refractivity contribution in [2.45, 2.75) is 0 Å². The second kappa shape index (κ2) is 9.05. The van der Waals surface area contributed by atoms with Crippen LogP contribution >= 0.6 is 0 Å². The zero-order valence-corrected chi connectivity index (χ0v) is 14.4. The first kappa shape index (κ1) is 18.0. The SMILES string of the molecule is O=Cc1cccc(OCC(=O)Nc2ccc(N=Nc3ccccc3)cc2)c1. The van der Waals surface area contributed by atoms with Gasteiger partial charge in [-0.15, -0.1) is 0 Å². The van der Waals surface area contributed by atoms with E-state index in [-0.39, 0.29) is 12.5 Å². The first-order chi connectivity index (χ1) is 13.2. The molecule has 0 atom stereocenters. The Hall–Kier alpha value is -3.80. The lowest BCUT2D eigenvalue weighted by Crippen LogP contribution is -2.20. The molecule has 1 N–H and O–H groups in total. The molecule has 0 aliphatic carbocycles. The molecule has 3 aromatic rings. The summed E-state index contributed by atoms with van der Waals surface area (Å²) < 4.78 is 5.39. The minimum Gasteiger partial charge on any atom is -0.484 e. The lowest BCUT2D eigenvalue weighted by molar-refractivity contribution is -0.118. The maximum atomic E-state index is 12.0. The van der Waals surface area contributed by atoms with Gasteiger partial charge in [-0.25, -0.2) is 0 Å². The minimum atomic E-state index is -0.301. The number of rotatable bonds is 7. The molecule has 0 radical (unpaired) electrons. The summed E-state index contributed by atoms with van der Waals surface area (Å²) in [7, 11) is 0. The molecule has 0 unspecified atom stereocenters. The van der Waals surface area contributed by atoms with Gasteiger partial charge in [0.25, 0.3) is 5.91 Å². The van der Waals surface area contributed by atoms with Crippen LogP contribution in [0.15, 0.2) is 89.1 Å². The number of aldehydes is 1.